The van der Waals surface area contributed by atoms with E-state index in [4.69, 9.17) is 0 Å². The highest BCUT2D eigenvalue weighted by atomic mass is 32.1. The second-order valence-electron chi connectivity index (χ2n) is 8.84. The number of amides is 1. The quantitative estimate of drug-likeness (QED) is 0.295. The third kappa shape index (κ3) is 5.71. The summed E-state index contributed by atoms with van der Waals surface area (Å²) in [5.41, 5.74) is -0.152. The fraction of sp³-hybridized carbons (Fsp3) is 0.222. The molecule has 10 heteroatoms. The average Bonchev–Trinajstić information content (AvgIpc) is 3.39. The molecule has 192 valence electrons. The number of rotatable bonds is 9. The van der Waals surface area contributed by atoms with Gasteiger partial charge in [-0.2, -0.15) is 0 Å². The Morgan fingerprint density at radius 2 is 1.78 bits per heavy atom. The van der Waals surface area contributed by atoms with Gasteiger partial charge in [-0.15, -0.1) is 11.3 Å². The van der Waals surface area contributed by atoms with Crippen LogP contribution in [0.15, 0.2) is 67.0 Å². The number of nitrogens with zero attached hydrogens (tertiary/aromatic N) is 2. The van der Waals surface area contributed by atoms with E-state index >= 15 is 4.39 Å². The lowest BCUT2D eigenvalue weighted by Crippen LogP contribution is -2.51. The van der Waals surface area contributed by atoms with Crippen LogP contribution in [0.5, 0.6) is 0 Å². The highest BCUT2D eigenvalue weighted by Crippen LogP contribution is 2.36. The van der Waals surface area contributed by atoms with Crippen molar-refractivity contribution in [1.82, 2.24) is 15.3 Å². The van der Waals surface area contributed by atoms with Gasteiger partial charge in [0.25, 0.3) is 5.91 Å². The summed E-state index contributed by atoms with van der Waals surface area (Å²) in [4.78, 5) is 22.4. The van der Waals surface area contributed by atoms with E-state index < -0.39 is 48.0 Å². The van der Waals surface area contributed by atoms with E-state index in [0.717, 1.165) is 23.5 Å². The van der Waals surface area contributed by atoms with Gasteiger partial charge in [-0.05, 0) is 42.0 Å². The Bertz CT molecular complexity index is 1390. The molecule has 0 aliphatic heterocycles. The number of benzene rings is 2. The van der Waals surface area contributed by atoms with E-state index in [1.807, 2.05) is 0 Å². The van der Waals surface area contributed by atoms with Gasteiger partial charge in [0.05, 0.1) is 29.2 Å². The summed E-state index contributed by atoms with van der Waals surface area (Å²) < 4.78 is 42.1. The molecule has 0 bridgehead atoms. The standard InChI is InChI=1S/C27H24F3N3O3S/c1-27(14-34,15-35)23(12-17-5-2-3-10-31-17)33-25(36)18-6-4-7-20(29)24(18)26-32-13-22(37-26)16-8-9-19(28)21(30)11-16/h2-11,13,23,34-35H,12,14-15H2,1H3,(H,33,36)/t23-/m1/s1. The van der Waals surface area contributed by atoms with Crippen molar-refractivity contribution in [3.8, 4) is 21.0 Å². The van der Waals surface area contributed by atoms with E-state index in [0.29, 0.717) is 16.1 Å². The zero-order valence-corrected chi connectivity index (χ0v) is 20.6. The van der Waals surface area contributed by atoms with Crippen LogP contribution in [0, 0.1) is 22.9 Å². The van der Waals surface area contributed by atoms with Crippen molar-refractivity contribution in [3.63, 3.8) is 0 Å². The number of aliphatic hydroxyl groups excluding tert-OH is 2. The molecule has 0 spiro atoms. The van der Waals surface area contributed by atoms with Crippen molar-refractivity contribution in [1.29, 1.82) is 0 Å². The number of halogens is 3. The number of thiazole rings is 1. The van der Waals surface area contributed by atoms with E-state index in [-0.39, 0.29) is 22.6 Å². The Labute approximate surface area is 215 Å². The maximum atomic E-state index is 15.1. The first-order valence-corrected chi connectivity index (χ1v) is 12.2. The molecule has 0 aliphatic carbocycles. The number of aliphatic hydroxyl groups is 2. The zero-order chi connectivity index (χ0) is 26.6. The molecule has 1 atom stereocenters. The highest BCUT2D eigenvalue weighted by Gasteiger charge is 2.35. The third-order valence-electron chi connectivity index (χ3n) is 6.19. The SMILES string of the molecule is CC(CO)(CO)[C@@H](Cc1ccccn1)NC(=O)c1cccc(F)c1-c1ncc(-c2ccc(F)c(F)c2)s1. The molecule has 0 saturated carbocycles. The molecule has 0 aliphatic rings. The number of hydrogen-bond acceptors (Lipinski definition) is 6. The van der Waals surface area contributed by atoms with Gasteiger partial charge in [-0.25, -0.2) is 18.2 Å². The molecule has 1 amide bonds. The zero-order valence-electron chi connectivity index (χ0n) is 19.8. The molecule has 6 nitrogen and oxygen atoms in total. The first-order valence-electron chi connectivity index (χ1n) is 11.4. The Hall–Kier alpha value is -3.60. The fourth-order valence-corrected chi connectivity index (χ4v) is 4.78. The second-order valence-corrected chi connectivity index (χ2v) is 9.87. The smallest absolute Gasteiger partial charge is 0.252 e. The predicted molar refractivity (Wildman–Crippen MR) is 134 cm³/mol. The van der Waals surface area contributed by atoms with E-state index in [2.05, 4.69) is 15.3 Å². The van der Waals surface area contributed by atoms with Crippen molar-refractivity contribution >= 4 is 17.2 Å². The normalized spacial score (nSPS) is 12.4. The Morgan fingerprint density at radius 1 is 1.00 bits per heavy atom. The summed E-state index contributed by atoms with van der Waals surface area (Å²) in [5.74, 6) is -3.33. The summed E-state index contributed by atoms with van der Waals surface area (Å²) in [7, 11) is 0. The Kier molecular flexibility index (Phi) is 8.01. The maximum absolute atomic E-state index is 15.1. The van der Waals surface area contributed by atoms with Crippen molar-refractivity contribution in [3.05, 3.63) is 95.7 Å². The monoisotopic (exact) mass is 527 g/mol. The van der Waals surface area contributed by atoms with E-state index in [9.17, 15) is 23.8 Å². The molecule has 4 rings (SSSR count). The molecule has 2 heterocycles. The summed E-state index contributed by atoms with van der Waals surface area (Å²) in [6.45, 7) is 0.797. The van der Waals surface area contributed by atoms with Gasteiger partial charge in [-0.3, -0.25) is 9.78 Å². The van der Waals surface area contributed by atoms with Gasteiger partial charge in [0.15, 0.2) is 11.6 Å². The van der Waals surface area contributed by atoms with Crippen LogP contribution < -0.4 is 5.32 Å². The fourth-order valence-electron chi connectivity index (χ4n) is 3.81. The van der Waals surface area contributed by atoms with Gasteiger partial charge in [0.2, 0.25) is 0 Å². The lowest BCUT2D eigenvalue weighted by molar-refractivity contribution is 0.0346. The van der Waals surface area contributed by atoms with Crippen LogP contribution in [0.3, 0.4) is 0 Å². The van der Waals surface area contributed by atoms with Crippen LogP contribution in [0.2, 0.25) is 0 Å². The number of hydrogen-bond donors (Lipinski definition) is 3. The lowest BCUT2D eigenvalue weighted by Gasteiger charge is -2.35. The number of carbonyl (C=O) groups is 1. The molecule has 2 aromatic heterocycles. The molecule has 0 radical (unpaired) electrons. The van der Waals surface area contributed by atoms with Crippen molar-refractivity contribution < 1.29 is 28.2 Å². The molecule has 0 fully saturated rings. The maximum Gasteiger partial charge on any atom is 0.252 e. The third-order valence-corrected chi connectivity index (χ3v) is 7.25. The van der Waals surface area contributed by atoms with Crippen molar-refractivity contribution in [2.45, 2.75) is 19.4 Å². The van der Waals surface area contributed by atoms with Gasteiger partial charge in [0, 0.05) is 36.0 Å². The Morgan fingerprint density at radius 3 is 2.46 bits per heavy atom. The molecule has 2 aromatic carbocycles. The van der Waals surface area contributed by atoms with E-state index in [1.165, 1.54) is 30.5 Å². The minimum Gasteiger partial charge on any atom is -0.396 e. The van der Waals surface area contributed by atoms with Crippen LogP contribution in [0.4, 0.5) is 13.2 Å². The predicted octanol–water partition coefficient (Wildman–Crippen LogP) is 4.62. The van der Waals surface area contributed by atoms with Gasteiger partial charge in [0.1, 0.15) is 10.8 Å². The molecule has 37 heavy (non-hydrogen) atoms. The Balaban J connectivity index is 1.68. The molecular formula is C27H24F3N3O3S. The van der Waals surface area contributed by atoms with Crippen LogP contribution in [0.1, 0.15) is 23.0 Å². The molecule has 3 N–H and O–H groups in total. The topological polar surface area (TPSA) is 95.3 Å². The molecule has 4 aromatic rings. The number of aromatic nitrogens is 2. The van der Waals surface area contributed by atoms with Gasteiger partial charge >= 0.3 is 0 Å². The van der Waals surface area contributed by atoms with E-state index in [1.54, 1.807) is 31.3 Å². The first kappa shape index (κ1) is 26.5. The summed E-state index contributed by atoms with van der Waals surface area (Å²) in [5, 5.41) is 23.0. The summed E-state index contributed by atoms with van der Waals surface area (Å²) >= 11 is 1.03. The van der Waals surface area contributed by atoms with Crippen molar-refractivity contribution in [2.24, 2.45) is 5.41 Å². The van der Waals surface area contributed by atoms with Crippen LogP contribution in [0.25, 0.3) is 21.0 Å². The lowest BCUT2D eigenvalue weighted by atomic mass is 9.81. The largest absolute Gasteiger partial charge is 0.396 e. The highest BCUT2D eigenvalue weighted by molar-refractivity contribution is 7.18. The summed E-state index contributed by atoms with van der Waals surface area (Å²) in [6.07, 6.45) is 3.22. The van der Waals surface area contributed by atoms with Crippen LogP contribution in [-0.4, -0.2) is 45.3 Å². The molecular weight excluding hydrogens is 503 g/mol. The molecule has 0 unspecified atom stereocenters. The van der Waals surface area contributed by atoms with Crippen LogP contribution in [-0.2, 0) is 6.42 Å². The minimum atomic E-state index is -1.10. The number of nitrogens with one attached hydrogen (secondary N) is 1. The molecule has 0 saturated heterocycles. The average molecular weight is 528 g/mol. The van der Waals surface area contributed by atoms with Gasteiger partial charge < -0.3 is 15.5 Å². The van der Waals surface area contributed by atoms with Gasteiger partial charge in [-0.1, -0.05) is 25.1 Å². The number of carbonyl (C=O) groups excluding carboxylic acids is 1. The number of pyridine rings is 1. The van der Waals surface area contributed by atoms with Crippen LogP contribution >= 0.6 is 11.3 Å². The van der Waals surface area contributed by atoms with Crippen molar-refractivity contribution in [2.75, 3.05) is 13.2 Å². The minimum absolute atomic E-state index is 0.00422. The second kappa shape index (κ2) is 11.2. The summed E-state index contributed by atoms with van der Waals surface area (Å²) in [6, 6.07) is 12.0. The first-order chi connectivity index (χ1) is 17.8.